The van der Waals surface area contributed by atoms with Crippen LogP contribution in [0.2, 0.25) is 0 Å². The number of halogens is 1. The highest BCUT2D eigenvalue weighted by Gasteiger charge is 2.12. The molecule has 0 aliphatic rings. The van der Waals surface area contributed by atoms with Gasteiger partial charge in [0.05, 0.1) is 5.69 Å². The molecule has 0 unspecified atom stereocenters. The quantitative estimate of drug-likeness (QED) is 0.250. The van der Waals surface area contributed by atoms with E-state index in [1.165, 1.54) is 0 Å². The third kappa shape index (κ3) is 5.14. The SMILES string of the molecule is O=C(NNc1nc(-c2ccccc2)nc(=S)n1-c1ccc(Br)cc1)Nc1ccccc1. The summed E-state index contributed by atoms with van der Waals surface area (Å²) >= 11 is 8.99. The molecule has 1 heterocycles. The summed E-state index contributed by atoms with van der Waals surface area (Å²) in [6.45, 7) is 0. The van der Waals surface area contributed by atoms with Crippen LogP contribution in [0.25, 0.3) is 17.1 Å². The molecule has 31 heavy (non-hydrogen) atoms. The smallest absolute Gasteiger partial charge is 0.307 e. The Balaban J connectivity index is 1.67. The van der Waals surface area contributed by atoms with Crippen molar-refractivity contribution in [2.75, 3.05) is 10.7 Å². The van der Waals surface area contributed by atoms with Crippen LogP contribution in [-0.4, -0.2) is 20.6 Å². The maximum absolute atomic E-state index is 12.3. The van der Waals surface area contributed by atoms with Crippen LogP contribution in [0.5, 0.6) is 0 Å². The molecule has 0 saturated heterocycles. The van der Waals surface area contributed by atoms with Crippen molar-refractivity contribution >= 4 is 45.8 Å². The minimum Gasteiger partial charge on any atom is -0.307 e. The number of nitrogens with zero attached hydrogens (tertiary/aromatic N) is 3. The molecule has 0 aliphatic carbocycles. The largest absolute Gasteiger partial charge is 0.337 e. The van der Waals surface area contributed by atoms with Crippen LogP contribution in [0.1, 0.15) is 0 Å². The van der Waals surface area contributed by atoms with Crippen molar-refractivity contribution in [3.05, 3.63) is 94.2 Å². The number of benzene rings is 3. The normalized spacial score (nSPS) is 10.4. The second kappa shape index (κ2) is 9.50. The molecular formula is C22H17BrN6OS. The first-order valence-electron chi connectivity index (χ1n) is 9.31. The van der Waals surface area contributed by atoms with Crippen molar-refractivity contribution in [3.63, 3.8) is 0 Å². The first-order chi connectivity index (χ1) is 15.1. The van der Waals surface area contributed by atoms with Crippen LogP contribution >= 0.6 is 28.1 Å². The molecule has 3 aromatic carbocycles. The van der Waals surface area contributed by atoms with E-state index in [1.54, 1.807) is 16.7 Å². The molecule has 1 aromatic heterocycles. The highest BCUT2D eigenvalue weighted by Crippen LogP contribution is 2.21. The van der Waals surface area contributed by atoms with E-state index in [1.807, 2.05) is 72.8 Å². The van der Waals surface area contributed by atoms with E-state index in [0.717, 1.165) is 15.7 Å². The number of hydrazine groups is 1. The van der Waals surface area contributed by atoms with Crippen LogP contribution in [-0.2, 0) is 0 Å². The van der Waals surface area contributed by atoms with Gasteiger partial charge in [-0.2, -0.15) is 9.97 Å². The Morgan fingerprint density at radius 3 is 2.19 bits per heavy atom. The lowest BCUT2D eigenvalue weighted by Crippen LogP contribution is -2.35. The van der Waals surface area contributed by atoms with E-state index < -0.39 is 6.03 Å². The average molecular weight is 493 g/mol. The van der Waals surface area contributed by atoms with Gasteiger partial charge in [0.25, 0.3) is 0 Å². The van der Waals surface area contributed by atoms with Crippen LogP contribution in [0.3, 0.4) is 0 Å². The number of urea groups is 1. The van der Waals surface area contributed by atoms with Crippen LogP contribution in [0.4, 0.5) is 16.4 Å². The lowest BCUT2D eigenvalue weighted by Gasteiger charge is -2.16. The Labute approximate surface area is 192 Å². The molecule has 154 valence electrons. The number of carbonyl (C=O) groups is 1. The van der Waals surface area contributed by atoms with Gasteiger partial charge in [-0.25, -0.2) is 10.2 Å². The predicted molar refractivity (Wildman–Crippen MR) is 128 cm³/mol. The minimum absolute atomic E-state index is 0.295. The summed E-state index contributed by atoms with van der Waals surface area (Å²) in [6.07, 6.45) is 0. The van der Waals surface area contributed by atoms with E-state index in [-0.39, 0.29) is 0 Å². The van der Waals surface area contributed by atoms with Crippen LogP contribution < -0.4 is 16.2 Å². The molecule has 0 atom stereocenters. The highest BCUT2D eigenvalue weighted by atomic mass is 79.9. The van der Waals surface area contributed by atoms with Gasteiger partial charge in [-0.15, -0.1) is 0 Å². The first kappa shape index (κ1) is 20.7. The molecule has 0 bridgehead atoms. The number of amides is 2. The van der Waals surface area contributed by atoms with Crippen molar-refractivity contribution in [1.82, 2.24) is 20.0 Å². The summed E-state index contributed by atoms with van der Waals surface area (Å²) in [4.78, 5) is 21.4. The summed E-state index contributed by atoms with van der Waals surface area (Å²) in [6, 6.07) is 25.7. The van der Waals surface area contributed by atoms with Gasteiger partial charge in [0.1, 0.15) is 0 Å². The van der Waals surface area contributed by atoms with Crippen molar-refractivity contribution in [3.8, 4) is 17.1 Å². The summed E-state index contributed by atoms with van der Waals surface area (Å²) in [7, 11) is 0. The summed E-state index contributed by atoms with van der Waals surface area (Å²) in [5, 5.41) is 2.74. The molecule has 7 nitrogen and oxygen atoms in total. The van der Waals surface area contributed by atoms with Gasteiger partial charge < -0.3 is 5.32 Å². The Morgan fingerprint density at radius 2 is 1.52 bits per heavy atom. The maximum atomic E-state index is 12.3. The molecule has 4 rings (SSSR count). The summed E-state index contributed by atoms with van der Waals surface area (Å²) in [5.41, 5.74) is 7.71. The zero-order valence-electron chi connectivity index (χ0n) is 16.1. The van der Waals surface area contributed by atoms with E-state index >= 15 is 0 Å². The fourth-order valence-corrected chi connectivity index (χ4v) is 3.37. The van der Waals surface area contributed by atoms with Crippen molar-refractivity contribution in [1.29, 1.82) is 0 Å². The monoisotopic (exact) mass is 492 g/mol. The van der Waals surface area contributed by atoms with Gasteiger partial charge in [-0.05, 0) is 48.6 Å². The highest BCUT2D eigenvalue weighted by molar-refractivity contribution is 9.10. The zero-order valence-corrected chi connectivity index (χ0v) is 18.5. The van der Waals surface area contributed by atoms with E-state index in [0.29, 0.717) is 22.2 Å². The third-order valence-corrected chi connectivity index (χ3v) is 5.06. The Bertz CT molecular complexity index is 1250. The van der Waals surface area contributed by atoms with E-state index in [4.69, 9.17) is 12.2 Å². The lowest BCUT2D eigenvalue weighted by molar-refractivity contribution is 0.253. The number of nitrogens with one attached hydrogen (secondary N) is 3. The third-order valence-electron chi connectivity index (χ3n) is 4.25. The van der Waals surface area contributed by atoms with Gasteiger partial charge in [-0.3, -0.25) is 9.99 Å². The number of rotatable bonds is 5. The number of aromatic nitrogens is 3. The fraction of sp³-hybridized carbons (Fsp3) is 0. The number of carbonyl (C=O) groups excluding carboxylic acids is 1. The molecule has 0 fully saturated rings. The summed E-state index contributed by atoms with van der Waals surface area (Å²) in [5.74, 6) is 0.774. The zero-order chi connectivity index (χ0) is 21.6. The topological polar surface area (TPSA) is 83.9 Å². The lowest BCUT2D eigenvalue weighted by atomic mass is 10.2. The van der Waals surface area contributed by atoms with E-state index in [2.05, 4.69) is 42.1 Å². The van der Waals surface area contributed by atoms with Crippen molar-refractivity contribution in [2.45, 2.75) is 0 Å². The fourth-order valence-electron chi connectivity index (χ4n) is 2.83. The molecule has 9 heteroatoms. The standard InChI is InChI=1S/C22H17BrN6OS/c23-16-11-13-18(14-12-16)29-20(27-28-21(30)24-17-9-5-2-6-10-17)25-19(26-22(29)31)15-7-3-1-4-8-15/h1-14H,(H2,24,28,30)(H,25,26,27,31). The minimum atomic E-state index is -0.445. The molecule has 0 saturated carbocycles. The van der Waals surface area contributed by atoms with Gasteiger partial charge in [0, 0.05) is 15.7 Å². The second-order valence-electron chi connectivity index (χ2n) is 6.40. The molecule has 3 N–H and O–H groups in total. The van der Waals surface area contributed by atoms with E-state index in [9.17, 15) is 4.79 Å². The van der Waals surface area contributed by atoms with Crippen LogP contribution in [0, 0.1) is 4.77 Å². The molecule has 2 amide bonds. The van der Waals surface area contributed by atoms with Gasteiger partial charge in [0.15, 0.2) is 5.82 Å². The summed E-state index contributed by atoms with van der Waals surface area (Å²) < 4.78 is 2.88. The maximum Gasteiger partial charge on any atom is 0.337 e. The van der Waals surface area contributed by atoms with Gasteiger partial charge in [0.2, 0.25) is 10.7 Å². The second-order valence-corrected chi connectivity index (χ2v) is 7.68. The van der Waals surface area contributed by atoms with Crippen molar-refractivity contribution < 1.29 is 4.79 Å². The molecular weight excluding hydrogens is 476 g/mol. The molecule has 0 spiro atoms. The molecule has 4 aromatic rings. The van der Waals surface area contributed by atoms with Gasteiger partial charge >= 0.3 is 6.03 Å². The van der Waals surface area contributed by atoms with Crippen molar-refractivity contribution in [2.24, 2.45) is 0 Å². The average Bonchev–Trinajstić information content (AvgIpc) is 2.79. The predicted octanol–water partition coefficient (Wildman–Crippen LogP) is 5.57. The Kier molecular flexibility index (Phi) is 6.34. The number of hydrogen-bond acceptors (Lipinski definition) is 5. The van der Waals surface area contributed by atoms with Crippen LogP contribution in [0.15, 0.2) is 89.4 Å². The molecule has 0 radical (unpaired) electrons. The first-order valence-corrected chi connectivity index (χ1v) is 10.5. The van der Waals surface area contributed by atoms with Gasteiger partial charge in [-0.1, -0.05) is 64.5 Å². The number of para-hydroxylation sites is 1. The Hall–Kier alpha value is -3.56. The number of anilines is 2. The Morgan fingerprint density at radius 1 is 0.871 bits per heavy atom. The molecule has 0 aliphatic heterocycles. The number of hydrogen-bond donors (Lipinski definition) is 3.